The molecule has 0 radical (unpaired) electrons. The molecule has 168 valence electrons. The third kappa shape index (κ3) is 3.96. The molecule has 0 aliphatic carbocycles. The van der Waals surface area contributed by atoms with Crippen LogP contribution < -0.4 is 14.8 Å². The van der Waals surface area contributed by atoms with Crippen molar-refractivity contribution in [2.45, 2.75) is 24.0 Å². The van der Waals surface area contributed by atoms with Crippen molar-refractivity contribution >= 4 is 33.0 Å². The highest BCUT2D eigenvalue weighted by molar-refractivity contribution is 7.91. The van der Waals surface area contributed by atoms with Gasteiger partial charge in [0.05, 0.1) is 5.92 Å². The smallest absolute Gasteiger partial charge is 0.252 e. The molecule has 1 aromatic carbocycles. The van der Waals surface area contributed by atoms with Crippen molar-refractivity contribution in [3.8, 4) is 22.9 Å². The van der Waals surface area contributed by atoms with Gasteiger partial charge >= 0.3 is 0 Å². The van der Waals surface area contributed by atoms with E-state index in [4.69, 9.17) is 14.0 Å². The predicted octanol–water partition coefficient (Wildman–Crippen LogP) is 2.87. The number of piperidine rings is 1. The van der Waals surface area contributed by atoms with E-state index in [0.29, 0.717) is 53.9 Å². The van der Waals surface area contributed by atoms with Gasteiger partial charge in [-0.1, -0.05) is 5.16 Å². The summed E-state index contributed by atoms with van der Waals surface area (Å²) in [5.41, 5.74) is 1.16. The standard InChI is InChI=1S/C20H20N4O6S2/c1-12-21-19(23-30-12)14-7-18(31-10-14)32(26,27)24-6-2-3-13(9-24)20(25)22-15-4-5-16-17(8-15)29-11-28-16/h4-5,7-8,10,13H,2-3,6,9,11H2,1H3,(H,22,25)/t13-/m0/s1. The molecule has 12 heteroatoms. The van der Waals surface area contributed by atoms with Crippen LogP contribution in [0.5, 0.6) is 11.5 Å². The van der Waals surface area contributed by atoms with Crippen LogP contribution in [0.4, 0.5) is 5.69 Å². The summed E-state index contributed by atoms with van der Waals surface area (Å²) in [5, 5.41) is 8.38. The Morgan fingerprint density at radius 2 is 2.09 bits per heavy atom. The Balaban J connectivity index is 1.28. The van der Waals surface area contributed by atoms with Crippen molar-refractivity contribution in [3.63, 3.8) is 0 Å². The van der Waals surface area contributed by atoms with Gasteiger partial charge in [0.1, 0.15) is 4.21 Å². The number of nitrogens with zero attached hydrogens (tertiary/aromatic N) is 3. The molecule has 1 fully saturated rings. The summed E-state index contributed by atoms with van der Waals surface area (Å²) in [4.78, 5) is 17.0. The topological polar surface area (TPSA) is 124 Å². The van der Waals surface area contributed by atoms with Gasteiger partial charge in [0, 0.05) is 42.7 Å². The van der Waals surface area contributed by atoms with Gasteiger partial charge in [0.15, 0.2) is 11.5 Å². The second-order valence-electron chi connectivity index (χ2n) is 7.55. The third-order valence-corrected chi connectivity index (χ3v) is 8.63. The molecule has 2 aliphatic heterocycles. The number of amides is 1. The van der Waals surface area contributed by atoms with E-state index in [0.717, 1.165) is 11.3 Å². The molecule has 2 aromatic heterocycles. The number of hydrogen-bond donors (Lipinski definition) is 1. The molecule has 10 nitrogen and oxygen atoms in total. The van der Waals surface area contributed by atoms with Gasteiger partial charge in [-0.25, -0.2) is 8.42 Å². The number of aryl methyl sites for hydroxylation is 1. The fourth-order valence-corrected chi connectivity index (χ4v) is 6.54. The molecule has 1 amide bonds. The quantitative estimate of drug-likeness (QED) is 0.596. The lowest BCUT2D eigenvalue weighted by molar-refractivity contribution is -0.120. The molecule has 1 N–H and O–H groups in total. The van der Waals surface area contributed by atoms with E-state index in [1.165, 1.54) is 4.31 Å². The van der Waals surface area contributed by atoms with Crippen LogP contribution in [0, 0.1) is 12.8 Å². The summed E-state index contributed by atoms with van der Waals surface area (Å²) in [7, 11) is -3.74. The predicted molar refractivity (Wildman–Crippen MR) is 115 cm³/mol. The summed E-state index contributed by atoms with van der Waals surface area (Å²) in [6.07, 6.45) is 1.21. The number of ether oxygens (including phenoxy) is 2. The molecule has 1 saturated heterocycles. The van der Waals surface area contributed by atoms with Crippen LogP contribution >= 0.6 is 11.3 Å². The average Bonchev–Trinajstić information content (AvgIpc) is 3.54. The summed E-state index contributed by atoms with van der Waals surface area (Å²) in [5.74, 6) is 1.27. The van der Waals surface area contributed by atoms with Crippen molar-refractivity contribution in [1.82, 2.24) is 14.4 Å². The van der Waals surface area contributed by atoms with E-state index < -0.39 is 15.9 Å². The zero-order chi connectivity index (χ0) is 22.3. The third-order valence-electron chi connectivity index (χ3n) is 5.35. The van der Waals surface area contributed by atoms with E-state index in [1.807, 2.05) is 0 Å². The highest BCUT2D eigenvalue weighted by atomic mass is 32.2. The van der Waals surface area contributed by atoms with Crippen LogP contribution in [0.3, 0.4) is 0 Å². The fraction of sp³-hybridized carbons (Fsp3) is 0.350. The number of benzene rings is 1. The van der Waals surface area contributed by atoms with Crippen molar-refractivity contribution < 1.29 is 27.2 Å². The van der Waals surface area contributed by atoms with Crippen molar-refractivity contribution in [1.29, 1.82) is 0 Å². The fourth-order valence-electron chi connectivity index (χ4n) is 3.71. The van der Waals surface area contributed by atoms with Gasteiger partial charge in [0.25, 0.3) is 10.0 Å². The number of aromatic nitrogens is 2. The van der Waals surface area contributed by atoms with Gasteiger partial charge in [-0.05, 0) is 31.0 Å². The van der Waals surface area contributed by atoms with Crippen LogP contribution in [-0.2, 0) is 14.8 Å². The zero-order valence-electron chi connectivity index (χ0n) is 17.1. The molecule has 0 bridgehead atoms. The first kappa shape index (κ1) is 20.9. The first-order valence-corrected chi connectivity index (χ1v) is 12.3. The first-order chi connectivity index (χ1) is 15.4. The second kappa shape index (κ2) is 8.19. The van der Waals surface area contributed by atoms with Crippen LogP contribution in [0.2, 0.25) is 0 Å². The number of hydrogen-bond acceptors (Lipinski definition) is 9. The number of rotatable bonds is 5. The van der Waals surface area contributed by atoms with Gasteiger partial charge in [-0.15, -0.1) is 11.3 Å². The Morgan fingerprint density at radius 3 is 2.91 bits per heavy atom. The van der Waals surface area contributed by atoms with E-state index in [2.05, 4.69) is 15.5 Å². The number of anilines is 1. The van der Waals surface area contributed by atoms with Crippen LogP contribution in [-0.4, -0.2) is 48.7 Å². The maximum Gasteiger partial charge on any atom is 0.252 e. The summed E-state index contributed by atoms with van der Waals surface area (Å²) in [6, 6.07) is 6.70. The number of nitrogens with one attached hydrogen (secondary N) is 1. The Kier molecular flexibility index (Phi) is 5.35. The molecule has 2 aliphatic rings. The van der Waals surface area contributed by atoms with Crippen molar-refractivity contribution in [2.75, 3.05) is 25.2 Å². The maximum atomic E-state index is 13.2. The lowest BCUT2D eigenvalue weighted by Gasteiger charge is -2.30. The van der Waals surface area contributed by atoms with Crippen LogP contribution in [0.15, 0.2) is 38.4 Å². The van der Waals surface area contributed by atoms with Crippen molar-refractivity contribution in [2.24, 2.45) is 5.92 Å². The minimum absolute atomic E-state index is 0.118. The SMILES string of the molecule is Cc1nc(-c2csc(S(=O)(=O)N3CCC[C@H](C(=O)Nc4ccc5c(c4)OCO5)C3)c2)no1. The number of thiophene rings is 1. The molecule has 32 heavy (non-hydrogen) atoms. The van der Waals surface area contributed by atoms with Crippen LogP contribution in [0.1, 0.15) is 18.7 Å². The largest absolute Gasteiger partial charge is 0.454 e. The molecule has 0 unspecified atom stereocenters. The monoisotopic (exact) mass is 476 g/mol. The molecular formula is C20H20N4O6S2. The zero-order valence-corrected chi connectivity index (χ0v) is 18.7. The Bertz CT molecular complexity index is 1270. The average molecular weight is 477 g/mol. The highest BCUT2D eigenvalue weighted by Crippen LogP contribution is 2.35. The molecule has 1 atom stereocenters. The van der Waals surface area contributed by atoms with E-state index >= 15 is 0 Å². The number of sulfonamides is 1. The molecule has 0 saturated carbocycles. The van der Waals surface area contributed by atoms with E-state index in [1.54, 1.807) is 36.6 Å². The summed E-state index contributed by atoms with van der Waals surface area (Å²) in [6.45, 7) is 2.31. The first-order valence-electron chi connectivity index (χ1n) is 10.00. The minimum atomic E-state index is -3.74. The normalized spacial score (nSPS) is 18.6. The summed E-state index contributed by atoms with van der Waals surface area (Å²) < 4.78 is 43.5. The molecule has 5 rings (SSSR count). The minimum Gasteiger partial charge on any atom is -0.454 e. The molecule has 0 spiro atoms. The van der Waals surface area contributed by atoms with Gasteiger partial charge in [-0.2, -0.15) is 9.29 Å². The Hall–Kier alpha value is -2.96. The van der Waals surface area contributed by atoms with Gasteiger partial charge < -0.3 is 19.3 Å². The Labute approximate surface area is 188 Å². The van der Waals surface area contributed by atoms with Gasteiger partial charge in [0.2, 0.25) is 24.4 Å². The second-order valence-corrected chi connectivity index (χ2v) is 10.6. The van der Waals surface area contributed by atoms with E-state index in [-0.39, 0.29) is 23.5 Å². The maximum absolute atomic E-state index is 13.2. The number of carbonyl (C=O) groups is 1. The summed E-state index contributed by atoms with van der Waals surface area (Å²) >= 11 is 1.10. The van der Waals surface area contributed by atoms with Crippen molar-refractivity contribution in [3.05, 3.63) is 35.5 Å². The lowest BCUT2D eigenvalue weighted by Crippen LogP contribution is -2.43. The molecule has 3 aromatic rings. The number of fused-ring (bicyclic) bond motifs is 1. The van der Waals surface area contributed by atoms with Gasteiger partial charge in [-0.3, -0.25) is 4.79 Å². The van der Waals surface area contributed by atoms with E-state index in [9.17, 15) is 13.2 Å². The van der Waals surface area contributed by atoms with Crippen LogP contribution in [0.25, 0.3) is 11.4 Å². The Morgan fingerprint density at radius 1 is 1.25 bits per heavy atom. The highest BCUT2D eigenvalue weighted by Gasteiger charge is 2.34. The molecular weight excluding hydrogens is 456 g/mol. The number of carbonyl (C=O) groups excluding carboxylic acids is 1. The molecule has 4 heterocycles. The lowest BCUT2D eigenvalue weighted by atomic mass is 9.98.